The van der Waals surface area contributed by atoms with Crippen molar-refractivity contribution in [1.29, 1.82) is 0 Å². The molecule has 0 saturated carbocycles. The number of rotatable bonds is 3. The van der Waals surface area contributed by atoms with Crippen LogP contribution in [0.3, 0.4) is 0 Å². The Hall–Kier alpha value is -3.55. The quantitative estimate of drug-likeness (QED) is 0.588. The first-order valence-electron chi connectivity index (χ1n) is 7.97. The molecule has 8 heteroatoms. The standard InChI is InChI=1S/C19H12F3N5/c1-23-18-14-6-11(10-4-12(20)8-13(21)5-10)7-15(22)17(14)26-19(27-18)16-9-24-2-3-25-16/h2-9H,1H3,(H,23,26,27). The normalized spacial score (nSPS) is 11.0. The van der Waals surface area contributed by atoms with Gasteiger partial charge in [-0.15, -0.1) is 0 Å². The summed E-state index contributed by atoms with van der Waals surface area (Å²) in [5, 5.41) is 3.27. The first kappa shape index (κ1) is 16.9. The molecule has 2 aromatic heterocycles. The molecule has 0 aliphatic rings. The molecule has 134 valence electrons. The first-order chi connectivity index (χ1) is 13.0. The minimum atomic E-state index is -0.742. The molecule has 0 unspecified atom stereocenters. The van der Waals surface area contributed by atoms with Crippen molar-refractivity contribution >= 4 is 16.7 Å². The summed E-state index contributed by atoms with van der Waals surface area (Å²) in [6.45, 7) is 0. The SMILES string of the molecule is CNc1nc(-c2cnccn2)nc2c(F)cc(-c3cc(F)cc(F)c3)cc12. The Morgan fingerprint density at radius 2 is 1.59 bits per heavy atom. The van der Waals surface area contributed by atoms with Crippen molar-refractivity contribution in [2.24, 2.45) is 0 Å². The lowest BCUT2D eigenvalue weighted by molar-refractivity contribution is 0.584. The van der Waals surface area contributed by atoms with Crippen molar-refractivity contribution in [3.63, 3.8) is 0 Å². The van der Waals surface area contributed by atoms with Crippen LogP contribution in [0.15, 0.2) is 48.9 Å². The largest absolute Gasteiger partial charge is 0.373 e. The number of hydrogen-bond donors (Lipinski definition) is 1. The predicted octanol–water partition coefficient (Wildman–Crippen LogP) is 4.21. The second-order valence-corrected chi connectivity index (χ2v) is 5.75. The van der Waals surface area contributed by atoms with Crippen LogP contribution in [-0.2, 0) is 0 Å². The molecule has 27 heavy (non-hydrogen) atoms. The van der Waals surface area contributed by atoms with Gasteiger partial charge in [-0.05, 0) is 35.4 Å². The average Bonchev–Trinajstić information content (AvgIpc) is 2.67. The van der Waals surface area contributed by atoms with Crippen LogP contribution < -0.4 is 5.32 Å². The van der Waals surface area contributed by atoms with Gasteiger partial charge in [-0.1, -0.05) is 0 Å². The third-order valence-electron chi connectivity index (χ3n) is 3.98. The zero-order chi connectivity index (χ0) is 19.0. The van der Waals surface area contributed by atoms with Crippen molar-refractivity contribution in [3.05, 3.63) is 66.4 Å². The van der Waals surface area contributed by atoms with E-state index in [0.717, 1.165) is 18.2 Å². The Labute approximate surface area is 152 Å². The molecule has 0 radical (unpaired) electrons. The predicted molar refractivity (Wildman–Crippen MR) is 95.4 cm³/mol. The van der Waals surface area contributed by atoms with Crippen LogP contribution in [0.4, 0.5) is 19.0 Å². The molecule has 0 aliphatic heterocycles. The Morgan fingerprint density at radius 1 is 0.852 bits per heavy atom. The van der Waals surface area contributed by atoms with Crippen LogP contribution >= 0.6 is 0 Å². The molecule has 0 bridgehead atoms. The monoisotopic (exact) mass is 367 g/mol. The van der Waals surface area contributed by atoms with E-state index in [1.807, 2.05) is 0 Å². The summed E-state index contributed by atoms with van der Waals surface area (Å²) in [6.07, 6.45) is 4.47. The number of nitrogens with zero attached hydrogens (tertiary/aromatic N) is 4. The first-order valence-corrected chi connectivity index (χ1v) is 7.97. The molecule has 1 N–H and O–H groups in total. The van der Waals surface area contributed by atoms with E-state index < -0.39 is 17.5 Å². The summed E-state index contributed by atoms with van der Waals surface area (Å²) in [4.78, 5) is 16.7. The Kier molecular flexibility index (Phi) is 4.15. The van der Waals surface area contributed by atoms with Gasteiger partial charge in [-0.3, -0.25) is 4.98 Å². The van der Waals surface area contributed by atoms with Gasteiger partial charge in [0.05, 0.1) is 6.20 Å². The lowest BCUT2D eigenvalue weighted by Crippen LogP contribution is -2.01. The van der Waals surface area contributed by atoms with E-state index in [1.54, 1.807) is 13.1 Å². The lowest BCUT2D eigenvalue weighted by atomic mass is 10.0. The van der Waals surface area contributed by atoms with Gasteiger partial charge < -0.3 is 5.32 Å². The fraction of sp³-hybridized carbons (Fsp3) is 0.0526. The minimum Gasteiger partial charge on any atom is -0.373 e. The molecule has 2 aromatic carbocycles. The van der Waals surface area contributed by atoms with Gasteiger partial charge in [-0.2, -0.15) is 0 Å². The van der Waals surface area contributed by atoms with Crippen LogP contribution in [0.1, 0.15) is 0 Å². The van der Waals surface area contributed by atoms with E-state index in [-0.39, 0.29) is 16.9 Å². The molecular formula is C19H12F3N5. The second kappa shape index (κ2) is 6.64. The maximum atomic E-state index is 14.8. The molecule has 0 spiro atoms. The number of anilines is 1. The van der Waals surface area contributed by atoms with E-state index in [1.165, 1.54) is 24.7 Å². The highest BCUT2D eigenvalue weighted by Crippen LogP contribution is 2.31. The number of hydrogen-bond acceptors (Lipinski definition) is 5. The fourth-order valence-electron chi connectivity index (χ4n) is 2.80. The summed E-state index contributed by atoms with van der Waals surface area (Å²) < 4.78 is 41.9. The topological polar surface area (TPSA) is 63.6 Å². The van der Waals surface area contributed by atoms with Gasteiger partial charge in [-0.25, -0.2) is 28.1 Å². The molecule has 0 aliphatic carbocycles. The molecule has 4 rings (SSSR count). The molecule has 0 atom stereocenters. The van der Waals surface area contributed by atoms with Crippen molar-refractivity contribution in [1.82, 2.24) is 19.9 Å². The maximum Gasteiger partial charge on any atom is 0.182 e. The number of halogens is 3. The van der Waals surface area contributed by atoms with E-state index in [2.05, 4.69) is 25.3 Å². The maximum absolute atomic E-state index is 14.8. The highest BCUT2D eigenvalue weighted by atomic mass is 19.1. The molecule has 4 aromatic rings. The molecule has 0 saturated heterocycles. The zero-order valence-electron chi connectivity index (χ0n) is 14.0. The smallest absolute Gasteiger partial charge is 0.182 e. The van der Waals surface area contributed by atoms with Crippen LogP contribution in [0, 0.1) is 17.5 Å². The average molecular weight is 367 g/mol. The zero-order valence-corrected chi connectivity index (χ0v) is 14.0. The molecule has 0 amide bonds. The van der Waals surface area contributed by atoms with E-state index in [4.69, 9.17) is 0 Å². The Bertz CT molecular complexity index is 1130. The van der Waals surface area contributed by atoms with Gasteiger partial charge >= 0.3 is 0 Å². The van der Waals surface area contributed by atoms with Gasteiger partial charge in [0.1, 0.15) is 34.5 Å². The van der Waals surface area contributed by atoms with E-state index >= 15 is 0 Å². The summed E-state index contributed by atoms with van der Waals surface area (Å²) in [5.41, 5.74) is 0.987. The molecule has 0 fully saturated rings. The number of nitrogens with one attached hydrogen (secondary N) is 1. The van der Waals surface area contributed by atoms with Crippen molar-refractivity contribution in [2.45, 2.75) is 0 Å². The van der Waals surface area contributed by atoms with Crippen molar-refractivity contribution in [2.75, 3.05) is 12.4 Å². The fourth-order valence-corrected chi connectivity index (χ4v) is 2.80. The summed E-state index contributed by atoms with van der Waals surface area (Å²) in [5.74, 6) is -1.56. The second-order valence-electron chi connectivity index (χ2n) is 5.75. The summed E-state index contributed by atoms with van der Waals surface area (Å²) in [6, 6.07) is 5.80. The van der Waals surface area contributed by atoms with Crippen LogP contribution in [0.25, 0.3) is 33.5 Å². The third-order valence-corrected chi connectivity index (χ3v) is 3.98. The van der Waals surface area contributed by atoms with Crippen LogP contribution in [0.5, 0.6) is 0 Å². The van der Waals surface area contributed by atoms with Gasteiger partial charge in [0.2, 0.25) is 0 Å². The van der Waals surface area contributed by atoms with Gasteiger partial charge in [0.25, 0.3) is 0 Å². The van der Waals surface area contributed by atoms with Crippen LogP contribution in [-0.4, -0.2) is 27.0 Å². The van der Waals surface area contributed by atoms with Gasteiger partial charge in [0, 0.05) is 30.9 Å². The highest BCUT2D eigenvalue weighted by Gasteiger charge is 2.15. The highest BCUT2D eigenvalue weighted by molar-refractivity contribution is 5.94. The summed E-state index contributed by atoms with van der Waals surface area (Å²) >= 11 is 0. The third kappa shape index (κ3) is 3.17. The summed E-state index contributed by atoms with van der Waals surface area (Å²) in [7, 11) is 1.63. The molecular weight excluding hydrogens is 355 g/mol. The number of benzene rings is 2. The minimum absolute atomic E-state index is 0.0654. The number of fused-ring (bicyclic) bond motifs is 1. The lowest BCUT2D eigenvalue weighted by Gasteiger charge is -2.11. The Morgan fingerprint density at radius 3 is 2.26 bits per heavy atom. The Balaban J connectivity index is 1.95. The van der Waals surface area contributed by atoms with Gasteiger partial charge in [0.15, 0.2) is 5.82 Å². The van der Waals surface area contributed by atoms with Crippen molar-refractivity contribution in [3.8, 4) is 22.6 Å². The van der Waals surface area contributed by atoms with Crippen LogP contribution in [0.2, 0.25) is 0 Å². The van der Waals surface area contributed by atoms with E-state index in [9.17, 15) is 13.2 Å². The molecule has 5 nitrogen and oxygen atoms in total. The number of aromatic nitrogens is 4. The van der Waals surface area contributed by atoms with E-state index in [0.29, 0.717) is 22.5 Å². The molecule has 2 heterocycles. The van der Waals surface area contributed by atoms with Crippen molar-refractivity contribution < 1.29 is 13.2 Å².